The molecular formula is C22H22N4O2S. The van der Waals surface area contributed by atoms with E-state index in [-0.39, 0.29) is 17.4 Å². The topological polar surface area (TPSA) is 87.5 Å². The van der Waals surface area contributed by atoms with Crippen LogP contribution in [-0.4, -0.2) is 42.8 Å². The molecule has 0 bridgehead atoms. The SMILES string of the molecule is Nc1c(C(=O)c2ccccc2)sc(Nc2ccccc2)c1C(=O)N1CCNCC1. The van der Waals surface area contributed by atoms with E-state index in [1.807, 2.05) is 48.5 Å². The number of nitrogens with one attached hydrogen (secondary N) is 2. The predicted molar refractivity (Wildman–Crippen MR) is 117 cm³/mol. The van der Waals surface area contributed by atoms with Crippen LogP contribution in [0, 0.1) is 0 Å². The molecule has 1 aliphatic heterocycles. The van der Waals surface area contributed by atoms with Crippen LogP contribution in [0.5, 0.6) is 0 Å². The van der Waals surface area contributed by atoms with Gasteiger partial charge in [-0.05, 0) is 12.1 Å². The number of hydrogen-bond donors (Lipinski definition) is 3. The Bertz CT molecular complexity index is 1010. The Labute approximate surface area is 173 Å². The van der Waals surface area contributed by atoms with Crippen LogP contribution < -0.4 is 16.4 Å². The van der Waals surface area contributed by atoms with Crippen molar-refractivity contribution in [1.82, 2.24) is 10.2 Å². The first-order valence-electron chi connectivity index (χ1n) is 9.49. The van der Waals surface area contributed by atoms with E-state index < -0.39 is 0 Å². The fourth-order valence-corrected chi connectivity index (χ4v) is 4.41. The molecule has 6 nitrogen and oxygen atoms in total. The van der Waals surface area contributed by atoms with E-state index >= 15 is 0 Å². The van der Waals surface area contributed by atoms with Crippen molar-refractivity contribution in [1.29, 1.82) is 0 Å². The highest BCUT2D eigenvalue weighted by Crippen LogP contribution is 2.39. The molecule has 2 aromatic carbocycles. The first-order chi connectivity index (χ1) is 14.1. The van der Waals surface area contributed by atoms with Crippen LogP contribution >= 0.6 is 11.3 Å². The molecule has 0 radical (unpaired) electrons. The van der Waals surface area contributed by atoms with E-state index in [1.54, 1.807) is 17.0 Å². The number of amides is 1. The second kappa shape index (κ2) is 8.46. The lowest BCUT2D eigenvalue weighted by Gasteiger charge is -2.27. The van der Waals surface area contributed by atoms with Crippen molar-refractivity contribution >= 4 is 39.4 Å². The van der Waals surface area contributed by atoms with Gasteiger partial charge in [0.1, 0.15) is 9.88 Å². The van der Waals surface area contributed by atoms with E-state index in [9.17, 15) is 9.59 Å². The van der Waals surface area contributed by atoms with Gasteiger partial charge >= 0.3 is 0 Å². The summed E-state index contributed by atoms with van der Waals surface area (Å²) in [5.74, 6) is -0.325. The molecule has 0 unspecified atom stereocenters. The molecule has 4 N–H and O–H groups in total. The molecule has 148 valence electrons. The summed E-state index contributed by atoms with van der Waals surface area (Å²) in [7, 11) is 0. The summed E-state index contributed by atoms with van der Waals surface area (Å²) in [5, 5.41) is 7.12. The smallest absolute Gasteiger partial charge is 0.259 e. The zero-order valence-corrected chi connectivity index (χ0v) is 16.7. The number of piperazine rings is 1. The van der Waals surface area contributed by atoms with E-state index in [2.05, 4.69) is 10.6 Å². The molecule has 1 aromatic heterocycles. The fourth-order valence-electron chi connectivity index (χ4n) is 3.31. The number of nitrogen functional groups attached to an aromatic ring is 1. The van der Waals surface area contributed by atoms with E-state index in [0.717, 1.165) is 18.8 Å². The Morgan fingerprint density at radius 3 is 2.24 bits per heavy atom. The minimum atomic E-state index is -0.177. The summed E-state index contributed by atoms with van der Waals surface area (Å²) >= 11 is 1.23. The first-order valence-corrected chi connectivity index (χ1v) is 10.3. The third-order valence-corrected chi connectivity index (χ3v) is 5.96. The van der Waals surface area contributed by atoms with Crippen LogP contribution in [0.3, 0.4) is 0 Å². The number of para-hydroxylation sites is 1. The molecule has 2 heterocycles. The summed E-state index contributed by atoms with van der Waals surface area (Å²) in [6.07, 6.45) is 0. The number of anilines is 3. The molecular weight excluding hydrogens is 384 g/mol. The molecule has 0 saturated carbocycles. The van der Waals surface area contributed by atoms with Gasteiger partial charge in [0.05, 0.1) is 11.3 Å². The number of ketones is 1. The van der Waals surface area contributed by atoms with Crippen molar-refractivity contribution in [2.75, 3.05) is 37.2 Å². The van der Waals surface area contributed by atoms with Crippen molar-refractivity contribution < 1.29 is 9.59 Å². The van der Waals surface area contributed by atoms with E-state index in [1.165, 1.54) is 11.3 Å². The Morgan fingerprint density at radius 2 is 1.59 bits per heavy atom. The second-order valence-corrected chi connectivity index (χ2v) is 7.80. The molecule has 0 atom stereocenters. The number of hydrogen-bond acceptors (Lipinski definition) is 6. The normalized spacial score (nSPS) is 13.9. The highest BCUT2D eigenvalue weighted by molar-refractivity contribution is 7.19. The Hall–Kier alpha value is -3.16. The van der Waals surface area contributed by atoms with Gasteiger partial charge in [0.15, 0.2) is 0 Å². The fraction of sp³-hybridized carbons (Fsp3) is 0.182. The molecule has 1 amide bonds. The van der Waals surface area contributed by atoms with Gasteiger partial charge in [0.2, 0.25) is 5.78 Å². The van der Waals surface area contributed by atoms with Crippen molar-refractivity contribution in [2.45, 2.75) is 0 Å². The van der Waals surface area contributed by atoms with Gasteiger partial charge < -0.3 is 21.3 Å². The number of rotatable bonds is 5. The average Bonchev–Trinajstić information content (AvgIpc) is 3.10. The summed E-state index contributed by atoms with van der Waals surface area (Å²) in [4.78, 5) is 28.5. The molecule has 1 aliphatic rings. The van der Waals surface area contributed by atoms with Crippen LogP contribution in [0.25, 0.3) is 0 Å². The van der Waals surface area contributed by atoms with Gasteiger partial charge in [0, 0.05) is 37.4 Å². The molecule has 3 aromatic rings. The molecule has 1 saturated heterocycles. The summed E-state index contributed by atoms with van der Waals surface area (Å²) in [6, 6.07) is 18.6. The van der Waals surface area contributed by atoms with E-state index in [4.69, 9.17) is 5.73 Å². The maximum atomic E-state index is 13.3. The zero-order valence-electron chi connectivity index (χ0n) is 15.9. The van der Waals surface area contributed by atoms with Crippen molar-refractivity contribution in [3.63, 3.8) is 0 Å². The molecule has 0 spiro atoms. The first kappa shape index (κ1) is 19.2. The summed E-state index contributed by atoms with van der Waals surface area (Å²) in [5.41, 5.74) is 8.39. The van der Waals surface area contributed by atoms with Gasteiger partial charge in [-0.15, -0.1) is 11.3 Å². The molecule has 4 rings (SSSR count). The number of carbonyl (C=O) groups is 2. The van der Waals surface area contributed by atoms with E-state index in [0.29, 0.717) is 34.1 Å². The predicted octanol–water partition coefficient (Wildman–Crippen LogP) is 3.35. The lowest BCUT2D eigenvalue weighted by molar-refractivity contribution is 0.0738. The molecule has 0 aliphatic carbocycles. The number of benzene rings is 2. The van der Waals surface area contributed by atoms with Gasteiger partial charge in [-0.2, -0.15) is 0 Å². The lowest BCUT2D eigenvalue weighted by atomic mass is 10.1. The van der Waals surface area contributed by atoms with Crippen LogP contribution in [0.2, 0.25) is 0 Å². The minimum Gasteiger partial charge on any atom is -0.397 e. The van der Waals surface area contributed by atoms with Gasteiger partial charge in [-0.1, -0.05) is 48.5 Å². The largest absolute Gasteiger partial charge is 0.397 e. The Morgan fingerprint density at radius 1 is 0.966 bits per heavy atom. The quantitative estimate of drug-likeness (QED) is 0.566. The molecule has 7 heteroatoms. The molecule has 29 heavy (non-hydrogen) atoms. The monoisotopic (exact) mass is 406 g/mol. The maximum absolute atomic E-state index is 13.3. The van der Waals surface area contributed by atoms with Crippen LogP contribution in [0.1, 0.15) is 25.6 Å². The second-order valence-electron chi connectivity index (χ2n) is 6.78. The highest BCUT2D eigenvalue weighted by Gasteiger charge is 2.29. The van der Waals surface area contributed by atoms with Gasteiger partial charge in [0.25, 0.3) is 5.91 Å². The van der Waals surface area contributed by atoms with Crippen molar-refractivity contribution in [3.8, 4) is 0 Å². The third-order valence-electron chi connectivity index (χ3n) is 4.84. The van der Waals surface area contributed by atoms with Gasteiger partial charge in [-0.3, -0.25) is 9.59 Å². The van der Waals surface area contributed by atoms with Crippen LogP contribution in [0.4, 0.5) is 16.4 Å². The zero-order chi connectivity index (χ0) is 20.2. The minimum absolute atomic E-state index is 0.147. The standard InChI is InChI=1S/C22H22N4O2S/c23-18-17(22(28)26-13-11-24-12-14-26)21(25-16-9-5-2-6-10-16)29-20(18)19(27)15-7-3-1-4-8-15/h1-10,24-25H,11-14,23H2. The lowest BCUT2D eigenvalue weighted by Crippen LogP contribution is -2.46. The summed E-state index contributed by atoms with van der Waals surface area (Å²) < 4.78 is 0. The van der Waals surface area contributed by atoms with Crippen molar-refractivity contribution in [3.05, 3.63) is 76.7 Å². The Balaban J connectivity index is 1.75. The number of carbonyl (C=O) groups excluding carboxylic acids is 2. The highest BCUT2D eigenvalue weighted by atomic mass is 32.1. The summed E-state index contributed by atoms with van der Waals surface area (Å²) in [6.45, 7) is 2.71. The van der Waals surface area contributed by atoms with Gasteiger partial charge in [-0.25, -0.2) is 0 Å². The Kier molecular flexibility index (Phi) is 5.59. The third kappa shape index (κ3) is 4.01. The maximum Gasteiger partial charge on any atom is 0.259 e. The molecule has 1 fully saturated rings. The number of thiophene rings is 1. The number of nitrogens with two attached hydrogens (primary N) is 1. The van der Waals surface area contributed by atoms with Crippen LogP contribution in [-0.2, 0) is 0 Å². The van der Waals surface area contributed by atoms with Crippen molar-refractivity contribution in [2.24, 2.45) is 0 Å². The van der Waals surface area contributed by atoms with Crippen LogP contribution in [0.15, 0.2) is 60.7 Å². The number of nitrogens with zero attached hydrogens (tertiary/aromatic N) is 1. The average molecular weight is 407 g/mol.